The van der Waals surface area contributed by atoms with Crippen molar-refractivity contribution in [1.82, 2.24) is 4.90 Å². The number of rotatable bonds is 9. The van der Waals surface area contributed by atoms with Crippen molar-refractivity contribution in [3.8, 4) is 11.5 Å². The van der Waals surface area contributed by atoms with Crippen molar-refractivity contribution in [1.29, 1.82) is 0 Å². The molecule has 38 heavy (non-hydrogen) atoms. The van der Waals surface area contributed by atoms with Gasteiger partial charge in [0.15, 0.2) is 16.7 Å². The maximum atomic E-state index is 13.1. The van der Waals surface area contributed by atoms with Gasteiger partial charge >= 0.3 is 5.97 Å². The molecule has 3 aromatic carbocycles. The zero-order valence-electron chi connectivity index (χ0n) is 20.6. The fourth-order valence-electron chi connectivity index (χ4n) is 3.67. The van der Waals surface area contributed by atoms with E-state index in [-0.39, 0.29) is 11.5 Å². The highest BCUT2D eigenvalue weighted by molar-refractivity contribution is 14.1. The monoisotopic (exact) mass is 662 g/mol. The molecular formula is C28H24ClIN2O5S. The van der Waals surface area contributed by atoms with Gasteiger partial charge in [-0.1, -0.05) is 23.7 Å². The van der Waals surface area contributed by atoms with Crippen LogP contribution < -0.4 is 9.47 Å². The fourth-order valence-corrected chi connectivity index (χ4v) is 5.72. The van der Waals surface area contributed by atoms with Crippen LogP contribution in [0.15, 0.2) is 70.6 Å². The summed E-state index contributed by atoms with van der Waals surface area (Å²) in [6.45, 7) is 5.03. The average Bonchev–Trinajstić information content (AvgIpc) is 3.17. The number of aromatic carboxylic acids is 1. The summed E-state index contributed by atoms with van der Waals surface area (Å²) < 4.78 is 12.8. The summed E-state index contributed by atoms with van der Waals surface area (Å²) in [5.41, 5.74) is 2.49. The van der Waals surface area contributed by atoms with Crippen LogP contribution in [-0.4, -0.2) is 40.2 Å². The van der Waals surface area contributed by atoms with Crippen molar-refractivity contribution in [3.63, 3.8) is 0 Å². The summed E-state index contributed by atoms with van der Waals surface area (Å²) in [7, 11) is 0. The van der Waals surface area contributed by atoms with E-state index in [1.54, 1.807) is 17.0 Å². The third kappa shape index (κ3) is 6.69. The van der Waals surface area contributed by atoms with Crippen LogP contribution in [0.1, 0.15) is 35.3 Å². The number of hydrogen-bond donors (Lipinski definition) is 1. The van der Waals surface area contributed by atoms with Gasteiger partial charge in [0.1, 0.15) is 6.61 Å². The lowest BCUT2D eigenvalue weighted by Crippen LogP contribution is -2.28. The van der Waals surface area contributed by atoms with Crippen molar-refractivity contribution in [2.75, 3.05) is 13.2 Å². The Morgan fingerprint density at radius 1 is 1.13 bits per heavy atom. The molecule has 196 valence electrons. The molecule has 0 bridgehead atoms. The zero-order valence-corrected chi connectivity index (χ0v) is 24.3. The second kappa shape index (κ2) is 12.7. The minimum Gasteiger partial charge on any atom is -0.490 e. The van der Waals surface area contributed by atoms with Crippen LogP contribution in [0.2, 0.25) is 5.02 Å². The predicted octanol–water partition coefficient (Wildman–Crippen LogP) is 7.24. The molecule has 3 aromatic rings. The summed E-state index contributed by atoms with van der Waals surface area (Å²) in [6.07, 6.45) is 1.82. The Kier molecular flexibility index (Phi) is 9.35. The minimum absolute atomic E-state index is 0.146. The first-order chi connectivity index (χ1) is 18.3. The molecule has 1 heterocycles. The van der Waals surface area contributed by atoms with Crippen molar-refractivity contribution in [2.45, 2.75) is 20.5 Å². The Morgan fingerprint density at radius 2 is 1.89 bits per heavy atom. The van der Waals surface area contributed by atoms with Gasteiger partial charge in [0, 0.05) is 11.6 Å². The summed E-state index contributed by atoms with van der Waals surface area (Å²) in [5.74, 6) is 0.0651. The van der Waals surface area contributed by atoms with Crippen LogP contribution in [0.3, 0.4) is 0 Å². The minimum atomic E-state index is -1.00. The van der Waals surface area contributed by atoms with Gasteiger partial charge in [-0.15, -0.1) is 0 Å². The lowest BCUT2D eigenvalue weighted by atomic mass is 10.1. The van der Waals surface area contributed by atoms with Gasteiger partial charge in [-0.25, -0.2) is 9.79 Å². The first kappa shape index (κ1) is 28.0. The summed E-state index contributed by atoms with van der Waals surface area (Å²) in [6, 6.07) is 17.5. The number of thioether (sulfide) groups is 1. The zero-order chi connectivity index (χ0) is 27.2. The first-order valence-electron chi connectivity index (χ1n) is 11.8. The number of carbonyl (C=O) groups is 2. The van der Waals surface area contributed by atoms with Crippen molar-refractivity contribution >= 4 is 74.8 Å². The third-order valence-corrected chi connectivity index (χ3v) is 7.49. The molecule has 7 nitrogen and oxygen atoms in total. The Balaban J connectivity index is 1.60. The van der Waals surface area contributed by atoms with E-state index in [1.807, 2.05) is 56.3 Å². The number of nitrogens with zero attached hydrogens (tertiary/aromatic N) is 2. The fraction of sp³-hybridized carbons (Fsp3) is 0.179. The number of ether oxygens (including phenoxy) is 2. The standard InChI is InChI=1S/C28H24ClIN2O5S/c1-3-32-26(33)24(38-28(32)31-21-10-8-19(9-11-21)27(34)35)15-18-13-22(30)25(23(14-18)36-4-2)37-16-17-6-5-7-20(29)12-17/h5-15H,3-4,16H2,1-2H3,(H,34,35)/b24-15-,31-28?. The number of carbonyl (C=O) groups excluding carboxylic acids is 1. The summed E-state index contributed by atoms with van der Waals surface area (Å²) >= 11 is 9.57. The summed E-state index contributed by atoms with van der Waals surface area (Å²) in [4.78, 5) is 31.0. The molecule has 1 aliphatic rings. The third-order valence-electron chi connectivity index (χ3n) is 5.44. The molecule has 0 spiro atoms. The van der Waals surface area contributed by atoms with E-state index in [0.29, 0.717) is 52.0 Å². The van der Waals surface area contributed by atoms with E-state index in [9.17, 15) is 9.59 Å². The SMILES string of the molecule is CCOc1cc(/C=C2\SC(=Nc3ccc(C(=O)O)cc3)N(CC)C2=O)cc(I)c1OCc1cccc(Cl)c1. The number of likely N-dealkylation sites (N-methyl/N-ethyl adjacent to an activating group) is 1. The van der Waals surface area contributed by atoms with Gasteiger partial charge in [0.05, 0.1) is 26.3 Å². The number of amides is 1. The van der Waals surface area contributed by atoms with Gasteiger partial charge < -0.3 is 14.6 Å². The van der Waals surface area contributed by atoms with Crippen LogP contribution in [0.25, 0.3) is 6.08 Å². The molecule has 1 aliphatic heterocycles. The van der Waals surface area contributed by atoms with Gasteiger partial charge in [-0.3, -0.25) is 9.69 Å². The molecule has 0 saturated carbocycles. The highest BCUT2D eigenvalue weighted by atomic mass is 127. The normalized spacial score (nSPS) is 15.4. The highest BCUT2D eigenvalue weighted by Crippen LogP contribution is 2.38. The Bertz CT molecular complexity index is 1430. The molecule has 0 unspecified atom stereocenters. The van der Waals surface area contributed by atoms with Crippen LogP contribution in [-0.2, 0) is 11.4 Å². The van der Waals surface area contributed by atoms with E-state index in [2.05, 4.69) is 27.6 Å². The van der Waals surface area contributed by atoms with Crippen LogP contribution in [0.4, 0.5) is 5.69 Å². The van der Waals surface area contributed by atoms with E-state index in [4.69, 9.17) is 26.2 Å². The lowest BCUT2D eigenvalue weighted by molar-refractivity contribution is -0.122. The number of aliphatic imine (C=N–C) groups is 1. The van der Waals surface area contributed by atoms with Crippen LogP contribution in [0.5, 0.6) is 11.5 Å². The Morgan fingerprint density at radius 3 is 2.55 bits per heavy atom. The Hall–Kier alpha value is -3.02. The van der Waals surface area contributed by atoms with Gasteiger partial charge in [0.25, 0.3) is 5.91 Å². The molecule has 0 radical (unpaired) electrons. The second-order valence-electron chi connectivity index (χ2n) is 8.09. The van der Waals surface area contributed by atoms with Gasteiger partial charge in [-0.2, -0.15) is 0 Å². The molecule has 1 amide bonds. The lowest BCUT2D eigenvalue weighted by Gasteiger charge is -2.15. The smallest absolute Gasteiger partial charge is 0.335 e. The van der Waals surface area contributed by atoms with Gasteiger partial charge in [-0.05, 0) is 114 Å². The van der Waals surface area contributed by atoms with Crippen LogP contribution in [0, 0.1) is 3.57 Å². The number of carboxylic acids is 1. The molecule has 1 saturated heterocycles. The van der Waals surface area contributed by atoms with E-state index in [0.717, 1.165) is 14.7 Å². The quantitative estimate of drug-likeness (QED) is 0.192. The molecule has 0 aliphatic carbocycles. The van der Waals surface area contributed by atoms with Crippen molar-refractivity contribution in [2.24, 2.45) is 4.99 Å². The maximum Gasteiger partial charge on any atom is 0.335 e. The molecule has 1 N–H and O–H groups in total. The largest absolute Gasteiger partial charge is 0.490 e. The molecule has 0 aromatic heterocycles. The molecule has 4 rings (SSSR count). The molecule has 1 fully saturated rings. The van der Waals surface area contributed by atoms with E-state index in [1.165, 1.54) is 23.9 Å². The van der Waals surface area contributed by atoms with Crippen LogP contribution >= 0.6 is 46.0 Å². The van der Waals surface area contributed by atoms with Gasteiger partial charge in [0.2, 0.25) is 0 Å². The van der Waals surface area contributed by atoms with E-state index >= 15 is 0 Å². The number of hydrogen-bond acceptors (Lipinski definition) is 6. The average molecular weight is 663 g/mol. The predicted molar refractivity (Wildman–Crippen MR) is 160 cm³/mol. The highest BCUT2D eigenvalue weighted by Gasteiger charge is 2.32. The Labute approximate surface area is 243 Å². The van der Waals surface area contributed by atoms with Crippen molar-refractivity contribution < 1.29 is 24.2 Å². The second-order valence-corrected chi connectivity index (χ2v) is 10.7. The summed E-state index contributed by atoms with van der Waals surface area (Å²) in [5, 5.41) is 10.3. The number of benzene rings is 3. The number of carboxylic acid groups (broad SMARTS) is 1. The number of halogens is 2. The topological polar surface area (TPSA) is 88.4 Å². The molecule has 10 heteroatoms. The maximum absolute atomic E-state index is 13.1. The number of amidine groups is 1. The van der Waals surface area contributed by atoms with E-state index < -0.39 is 5.97 Å². The first-order valence-corrected chi connectivity index (χ1v) is 14.0. The molecule has 0 atom stereocenters. The van der Waals surface area contributed by atoms with Crippen molar-refractivity contribution in [3.05, 3.63) is 90.9 Å². The molecular weight excluding hydrogens is 639 g/mol.